The second-order valence-electron chi connectivity index (χ2n) is 4.41. The maximum Gasteiger partial charge on any atom is 0.129 e. The molecule has 0 radical (unpaired) electrons. The molecule has 0 aliphatic carbocycles. The van der Waals surface area contributed by atoms with Gasteiger partial charge in [-0.1, -0.05) is 17.7 Å². The number of ether oxygens (including phenoxy) is 1. The number of rotatable bonds is 8. The third kappa shape index (κ3) is 5.29. The van der Waals surface area contributed by atoms with Gasteiger partial charge >= 0.3 is 0 Å². The third-order valence-electron chi connectivity index (χ3n) is 2.78. The van der Waals surface area contributed by atoms with E-state index < -0.39 is 0 Å². The van der Waals surface area contributed by atoms with E-state index in [1.807, 2.05) is 30.3 Å². The number of hydrogen-bond acceptors (Lipinski definition) is 3. The van der Waals surface area contributed by atoms with Gasteiger partial charge in [-0.3, -0.25) is 0 Å². The van der Waals surface area contributed by atoms with E-state index in [1.165, 1.54) is 5.56 Å². The predicted molar refractivity (Wildman–Crippen MR) is 83.8 cm³/mol. The van der Waals surface area contributed by atoms with Crippen molar-refractivity contribution in [2.45, 2.75) is 19.6 Å². The van der Waals surface area contributed by atoms with Crippen LogP contribution in [0.25, 0.3) is 0 Å². The summed E-state index contributed by atoms with van der Waals surface area (Å²) in [5.74, 6) is 0.865. The summed E-state index contributed by atoms with van der Waals surface area (Å²) in [6, 6.07) is 9.73. The highest BCUT2D eigenvalue weighted by Gasteiger charge is 1.99. The summed E-state index contributed by atoms with van der Waals surface area (Å²) in [5, 5.41) is 4.11. The van der Waals surface area contributed by atoms with Crippen molar-refractivity contribution in [3.8, 4) is 0 Å². The van der Waals surface area contributed by atoms with Crippen LogP contribution in [0.5, 0.6) is 0 Å². The maximum atomic E-state index is 5.95. The van der Waals surface area contributed by atoms with Crippen molar-refractivity contribution in [1.29, 1.82) is 0 Å². The largest absolute Gasteiger partial charge is 0.467 e. The van der Waals surface area contributed by atoms with Gasteiger partial charge in [0.2, 0.25) is 0 Å². The van der Waals surface area contributed by atoms with Crippen LogP contribution in [0.2, 0.25) is 5.02 Å². The lowest BCUT2D eigenvalue weighted by molar-refractivity contribution is 0.104. The van der Waals surface area contributed by atoms with Crippen LogP contribution in [0.3, 0.4) is 0 Å². The third-order valence-corrected chi connectivity index (χ3v) is 3.99. The Kier molecular flexibility index (Phi) is 6.60. The molecule has 1 heterocycles. The summed E-state index contributed by atoms with van der Waals surface area (Å²) in [4.78, 5) is 0. The van der Waals surface area contributed by atoms with Crippen molar-refractivity contribution in [3.63, 3.8) is 0 Å². The Bertz CT molecular complexity index is 517. The van der Waals surface area contributed by atoms with Crippen molar-refractivity contribution in [3.05, 3.63) is 57.4 Å². The molecular weight excluding hydrogens is 342 g/mol. The van der Waals surface area contributed by atoms with Crippen molar-refractivity contribution >= 4 is 27.5 Å². The van der Waals surface area contributed by atoms with Crippen molar-refractivity contribution < 1.29 is 9.15 Å². The highest BCUT2D eigenvalue weighted by atomic mass is 79.9. The predicted octanol–water partition coefficient (Wildman–Crippen LogP) is 4.39. The molecule has 0 spiro atoms. The summed E-state index contributed by atoms with van der Waals surface area (Å²) in [6.07, 6.45) is 2.62. The second-order valence-corrected chi connectivity index (χ2v) is 5.67. The molecule has 3 nitrogen and oxygen atoms in total. The summed E-state index contributed by atoms with van der Waals surface area (Å²) in [5.41, 5.74) is 1.21. The normalized spacial score (nSPS) is 10.9. The van der Waals surface area contributed by atoms with Crippen LogP contribution in [0, 0.1) is 0 Å². The minimum absolute atomic E-state index is 0.539. The zero-order valence-corrected chi connectivity index (χ0v) is 13.4. The monoisotopic (exact) mass is 357 g/mol. The van der Waals surface area contributed by atoms with E-state index in [2.05, 4.69) is 21.2 Å². The number of nitrogens with one attached hydrogen (secondary N) is 1. The van der Waals surface area contributed by atoms with Crippen LogP contribution in [0.4, 0.5) is 0 Å². The molecule has 20 heavy (non-hydrogen) atoms. The Hall–Kier alpha value is -0.810. The summed E-state index contributed by atoms with van der Waals surface area (Å²) >= 11 is 9.37. The van der Waals surface area contributed by atoms with Gasteiger partial charge in [-0.25, -0.2) is 0 Å². The Morgan fingerprint density at radius 3 is 2.95 bits per heavy atom. The molecule has 0 aliphatic heterocycles. The first-order chi connectivity index (χ1) is 9.75. The van der Waals surface area contributed by atoms with Gasteiger partial charge in [0.05, 0.1) is 11.3 Å². The van der Waals surface area contributed by atoms with E-state index in [0.717, 1.165) is 41.4 Å². The van der Waals surface area contributed by atoms with Crippen LogP contribution in [-0.2, 0) is 17.9 Å². The maximum absolute atomic E-state index is 5.95. The van der Waals surface area contributed by atoms with E-state index in [0.29, 0.717) is 6.61 Å². The van der Waals surface area contributed by atoms with Crippen LogP contribution >= 0.6 is 27.5 Å². The molecule has 0 fully saturated rings. The number of furan rings is 1. The molecule has 2 rings (SSSR count). The molecule has 1 aromatic carbocycles. The lowest BCUT2D eigenvalue weighted by atomic mass is 10.2. The number of hydrogen-bond donors (Lipinski definition) is 1. The van der Waals surface area contributed by atoms with Crippen LogP contribution in [-0.4, -0.2) is 13.2 Å². The highest BCUT2D eigenvalue weighted by Crippen LogP contribution is 2.23. The molecule has 0 bridgehead atoms. The fraction of sp³-hybridized carbons (Fsp3) is 0.333. The first kappa shape index (κ1) is 15.6. The van der Waals surface area contributed by atoms with E-state index in [1.54, 1.807) is 6.26 Å². The van der Waals surface area contributed by atoms with Gasteiger partial charge in [0.25, 0.3) is 0 Å². The topological polar surface area (TPSA) is 34.4 Å². The first-order valence-electron chi connectivity index (χ1n) is 6.50. The zero-order chi connectivity index (χ0) is 14.2. The van der Waals surface area contributed by atoms with Gasteiger partial charge in [0.15, 0.2) is 0 Å². The number of halogens is 2. The molecule has 108 valence electrons. The SMILES string of the molecule is Clc1ccc(CNCCCOCc2ccco2)cc1Br. The van der Waals surface area contributed by atoms with E-state index in [-0.39, 0.29) is 0 Å². The molecule has 0 saturated heterocycles. The molecule has 0 saturated carbocycles. The summed E-state index contributed by atoms with van der Waals surface area (Å²) < 4.78 is 11.6. The highest BCUT2D eigenvalue weighted by molar-refractivity contribution is 9.10. The standard InChI is InChI=1S/C15H17BrClNO2/c16-14-9-12(4-5-15(14)17)10-18-6-2-7-19-11-13-3-1-8-20-13/h1,3-5,8-9,18H,2,6-7,10-11H2. The van der Waals surface area contributed by atoms with E-state index in [4.69, 9.17) is 20.8 Å². The average Bonchev–Trinajstić information content (AvgIpc) is 2.95. The van der Waals surface area contributed by atoms with Gasteiger partial charge in [0.1, 0.15) is 12.4 Å². The fourth-order valence-electron chi connectivity index (χ4n) is 1.75. The molecule has 2 aromatic rings. The molecule has 5 heteroatoms. The van der Waals surface area contributed by atoms with Crippen LogP contribution < -0.4 is 5.32 Å². The summed E-state index contributed by atoms with van der Waals surface area (Å²) in [7, 11) is 0. The molecule has 1 aromatic heterocycles. The van der Waals surface area contributed by atoms with E-state index >= 15 is 0 Å². The van der Waals surface area contributed by atoms with Gasteiger partial charge in [0, 0.05) is 17.6 Å². The summed E-state index contributed by atoms with van der Waals surface area (Å²) in [6.45, 7) is 3.00. The van der Waals surface area contributed by atoms with Crippen molar-refractivity contribution in [2.24, 2.45) is 0 Å². The van der Waals surface area contributed by atoms with Gasteiger partial charge in [-0.05, 0) is 58.7 Å². The fourth-order valence-corrected chi connectivity index (χ4v) is 2.29. The lowest BCUT2D eigenvalue weighted by Gasteiger charge is -2.06. The lowest BCUT2D eigenvalue weighted by Crippen LogP contribution is -2.16. The average molecular weight is 359 g/mol. The Morgan fingerprint density at radius 2 is 2.20 bits per heavy atom. The smallest absolute Gasteiger partial charge is 0.129 e. The first-order valence-corrected chi connectivity index (χ1v) is 7.67. The van der Waals surface area contributed by atoms with Gasteiger partial charge in [-0.2, -0.15) is 0 Å². The minimum atomic E-state index is 0.539. The van der Waals surface area contributed by atoms with Gasteiger partial charge in [-0.15, -0.1) is 0 Å². The van der Waals surface area contributed by atoms with Crippen LogP contribution in [0.15, 0.2) is 45.5 Å². The Labute approximate surface area is 132 Å². The zero-order valence-electron chi connectivity index (χ0n) is 11.1. The second kappa shape index (κ2) is 8.47. The van der Waals surface area contributed by atoms with Gasteiger partial charge < -0.3 is 14.5 Å². The minimum Gasteiger partial charge on any atom is -0.467 e. The van der Waals surface area contributed by atoms with E-state index in [9.17, 15) is 0 Å². The molecule has 0 unspecified atom stereocenters. The molecule has 0 amide bonds. The molecule has 0 atom stereocenters. The molecule has 0 aliphatic rings. The quantitative estimate of drug-likeness (QED) is 0.711. The van der Waals surface area contributed by atoms with Crippen molar-refractivity contribution in [2.75, 3.05) is 13.2 Å². The molecular formula is C15H17BrClNO2. The Balaban J connectivity index is 1.54. The Morgan fingerprint density at radius 1 is 1.30 bits per heavy atom. The van der Waals surface area contributed by atoms with Crippen LogP contribution in [0.1, 0.15) is 17.7 Å². The van der Waals surface area contributed by atoms with Crippen molar-refractivity contribution in [1.82, 2.24) is 5.32 Å². The number of benzene rings is 1. The molecule has 1 N–H and O–H groups in total.